The number of halogens is 1. The summed E-state index contributed by atoms with van der Waals surface area (Å²) in [5.74, 6) is 1.56. The Morgan fingerprint density at radius 3 is 3.00 bits per heavy atom. The Kier molecular flexibility index (Phi) is 4.64. The van der Waals surface area contributed by atoms with Gasteiger partial charge in [0.05, 0.1) is 18.1 Å². The minimum absolute atomic E-state index is 0.528. The molecule has 14 heavy (non-hydrogen) atoms. The molecule has 0 spiro atoms. The van der Waals surface area contributed by atoms with Crippen molar-refractivity contribution in [1.82, 2.24) is 0 Å². The van der Waals surface area contributed by atoms with Crippen molar-refractivity contribution in [1.29, 1.82) is 5.26 Å². The van der Waals surface area contributed by atoms with E-state index < -0.39 is 0 Å². The molecule has 1 rings (SSSR count). The van der Waals surface area contributed by atoms with Crippen LogP contribution in [-0.4, -0.2) is 12.9 Å². The maximum Gasteiger partial charge on any atom is 0.132 e. The van der Waals surface area contributed by atoms with Crippen molar-refractivity contribution in [3.05, 3.63) is 23.2 Å². The highest BCUT2D eigenvalue weighted by Crippen LogP contribution is 2.31. The van der Waals surface area contributed by atoms with Crippen LogP contribution in [-0.2, 0) is 0 Å². The number of rotatable bonds is 4. The fourth-order valence-electron chi connectivity index (χ4n) is 0.970. The van der Waals surface area contributed by atoms with Crippen LogP contribution >= 0.6 is 23.4 Å². The summed E-state index contributed by atoms with van der Waals surface area (Å²) >= 11 is 7.43. The monoisotopic (exact) mass is 227 g/mol. The van der Waals surface area contributed by atoms with Crippen molar-refractivity contribution < 1.29 is 4.74 Å². The molecule has 0 unspecified atom stereocenters. The molecule has 0 aromatic heterocycles. The van der Waals surface area contributed by atoms with Crippen molar-refractivity contribution in [2.24, 2.45) is 0 Å². The van der Waals surface area contributed by atoms with Crippen LogP contribution < -0.4 is 4.74 Å². The van der Waals surface area contributed by atoms with Crippen LogP contribution in [0.25, 0.3) is 0 Å². The Morgan fingerprint density at radius 1 is 1.57 bits per heavy atom. The van der Waals surface area contributed by atoms with Crippen LogP contribution in [0.1, 0.15) is 6.42 Å². The first-order valence-corrected chi connectivity index (χ1v) is 5.47. The number of hydrogen-bond acceptors (Lipinski definition) is 3. The van der Waals surface area contributed by atoms with E-state index in [2.05, 4.69) is 6.07 Å². The van der Waals surface area contributed by atoms with Gasteiger partial charge in [-0.1, -0.05) is 11.6 Å². The van der Waals surface area contributed by atoms with Gasteiger partial charge in [-0.15, -0.1) is 11.8 Å². The molecule has 1 aromatic rings. The fourth-order valence-corrected chi connectivity index (χ4v) is 2.12. The molecular formula is C10H10ClNOS. The normalized spacial score (nSPS) is 9.50. The van der Waals surface area contributed by atoms with Gasteiger partial charge >= 0.3 is 0 Å². The summed E-state index contributed by atoms with van der Waals surface area (Å²) in [7, 11) is 1.62. The van der Waals surface area contributed by atoms with Gasteiger partial charge in [-0.25, -0.2) is 0 Å². The van der Waals surface area contributed by atoms with E-state index in [0.717, 1.165) is 16.4 Å². The summed E-state index contributed by atoms with van der Waals surface area (Å²) in [4.78, 5) is 0.982. The number of benzene rings is 1. The molecule has 0 aliphatic rings. The number of nitriles is 1. The third kappa shape index (κ3) is 3.13. The van der Waals surface area contributed by atoms with Gasteiger partial charge in [-0.05, 0) is 18.2 Å². The molecule has 0 heterocycles. The van der Waals surface area contributed by atoms with Crippen LogP contribution in [0.15, 0.2) is 23.1 Å². The quantitative estimate of drug-likeness (QED) is 0.584. The SMILES string of the molecule is COc1ccc(Cl)cc1SCCC#N. The van der Waals surface area contributed by atoms with Gasteiger partial charge in [0.25, 0.3) is 0 Å². The molecule has 0 saturated carbocycles. The molecule has 0 N–H and O–H groups in total. The predicted molar refractivity (Wildman–Crippen MR) is 59.0 cm³/mol. The van der Waals surface area contributed by atoms with Gasteiger partial charge in [0, 0.05) is 17.2 Å². The molecule has 74 valence electrons. The Balaban J connectivity index is 2.73. The maximum absolute atomic E-state index is 8.40. The largest absolute Gasteiger partial charge is 0.496 e. The van der Waals surface area contributed by atoms with Crippen molar-refractivity contribution in [3.8, 4) is 11.8 Å². The minimum atomic E-state index is 0.528. The number of ether oxygens (including phenoxy) is 1. The highest BCUT2D eigenvalue weighted by atomic mass is 35.5. The lowest BCUT2D eigenvalue weighted by atomic mass is 10.3. The second kappa shape index (κ2) is 5.79. The maximum atomic E-state index is 8.40. The number of nitrogens with zero attached hydrogens (tertiary/aromatic N) is 1. The zero-order valence-corrected chi connectivity index (χ0v) is 9.36. The van der Waals surface area contributed by atoms with E-state index in [1.807, 2.05) is 12.1 Å². The van der Waals surface area contributed by atoms with Gasteiger partial charge in [0.15, 0.2) is 0 Å². The smallest absolute Gasteiger partial charge is 0.132 e. The molecule has 0 amide bonds. The molecule has 0 atom stereocenters. The third-order valence-corrected chi connectivity index (χ3v) is 2.87. The number of thioether (sulfide) groups is 1. The van der Waals surface area contributed by atoms with E-state index in [9.17, 15) is 0 Å². The van der Waals surface area contributed by atoms with Gasteiger partial charge in [0.1, 0.15) is 5.75 Å². The van der Waals surface area contributed by atoms with E-state index in [4.69, 9.17) is 21.6 Å². The lowest BCUT2D eigenvalue weighted by molar-refractivity contribution is 0.405. The average molecular weight is 228 g/mol. The molecule has 0 radical (unpaired) electrons. The van der Waals surface area contributed by atoms with E-state index in [0.29, 0.717) is 11.4 Å². The van der Waals surface area contributed by atoms with Gasteiger partial charge in [-0.3, -0.25) is 0 Å². The third-order valence-electron chi connectivity index (χ3n) is 1.60. The molecule has 2 nitrogen and oxygen atoms in total. The standard InChI is InChI=1S/C10H10ClNOS/c1-13-9-4-3-8(11)7-10(9)14-6-2-5-12/h3-4,7H,2,6H2,1H3. The molecule has 0 aliphatic carbocycles. The van der Waals surface area contributed by atoms with Gasteiger partial charge in [0.2, 0.25) is 0 Å². The molecule has 0 aliphatic heterocycles. The van der Waals surface area contributed by atoms with Crippen molar-refractivity contribution in [3.63, 3.8) is 0 Å². The lowest BCUT2D eigenvalue weighted by Crippen LogP contribution is -1.86. The Labute approximate surface area is 92.8 Å². The summed E-state index contributed by atoms with van der Waals surface area (Å²) in [5, 5.41) is 9.09. The van der Waals surface area contributed by atoms with Crippen LogP contribution in [0.4, 0.5) is 0 Å². The van der Waals surface area contributed by atoms with Crippen molar-refractivity contribution >= 4 is 23.4 Å². The number of methoxy groups -OCH3 is 1. The number of hydrogen-bond donors (Lipinski definition) is 0. The topological polar surface area (TPSA) is 33.0 Å². The summed E-state index contributed by atoms with van der Waals surface area (Å²) in [6.45, 7) is 0. The first-order chi connectivity index (χ1) is 6.77. The van der Waals surface area contributed by atoms with E-state index in [-0.39, 0.29) is 0 Å². The van der Waals surface area contributed by atoms with E-state index in [1.165, 1.54) is 0 Å². The zero-order valence-electron chi connectivity index (χ0n) is 7.79. The second-order valence-electron chi connectivity index (χ2n) is 2.55. The zero-order chi connectivity index (χ0) is 10.4. The lowest BCUT2D eigenvalue weighted by Gasteiger charge is -2.06. The van der Waals surface area contributed by atoms with Crippen molar-refractivity contribution in [2.75, 3.05) is 12.9 Å². The van der Waals surface area contributed by atoms with E-state index in [1.54, 1.807) is 24.9 Å². The Bertz CT molecular complexity index is 348. The molecule has 4 heteroatoms. The molecular weight excluding hydrogens is 218 g/mol. The van der Waals surface area contributed by atoms with Gasteiger partial charge in [-0.2, -0.15) is 5.26 Å². The first kappa shape index (κ1) is 11.2. The van der Waals surface area contributed by atoms with Crippen LogP contribution in [0.3, 0.4) is 0 Å². The predicted octanol–water partition coefficient (Wildman–Crippen LogP) is 3.35. The van der Waals surface area contributed by atoms with Crippen LogP contribution in [0.2, 0.25) is 5.02 Å². The summed E-state index contributed by atoms with van der Waals surface area (Å²) < 4.78 is 5.17. The first-order valence-electron chi connectivity index (χ1n) is 4.11. The summed E-state index contributed by atoms with van der Waals surface area (Å²) in [6, 6.07) is 7.56. The summed E-state index contributed by atoms with van der Waals surface area (Å²) in [6.07, 6.45) is 0.528. The molecule has 0 saturated heterocycles. The van der Waals surface area contributed by atoms with Crippen molar-refractivity contribution in [2.45, 2.75) is 11.3 Å². The molecule has 0 bridgehead atoms. The highest BCUT2D eigenvalue weighted by molar-refractivity contribution is 7.99. The van der Waals surface area contributed by atoms with Crippen LogP contribution in [0, 0.1) is 11.3 Å². The fraction of sp³-hybridized carbons (Fsp3) is 0.300. The van der Waals surface area contributed by atoms with Gasteiger partial charge < -0.3 is 4.74 Å². The molecule has 0 fully saturated rings. The Hall–Kier alpha value is -0.850. The minimum Gasteiger partial charge on any atom is -0.496 e. The average Bonchev–Trinajstić information content (AvgIpc) is 2.19. The van der Waals surface area contributed by atoms with E-state index >= 15 is 0 Å². The molecule has 1 aromatic carbocycles. The van der Waals surface area contributed by atoms with Crippen LogP contribution in [0.5, 0.6) is 5.75 Å². The Morgan fingerprint density at radius 2 is 2.36 bits per heavy atom. The highest BCUT2D eigenvalue weighted by Gasteiger charge is 2.03. The summed E-state index contributed by atoms with van der Waals surface area (Å²) in [5.41, 5.74) is 0. The second-order valence-corrected chi connectivity index (χ2v) is 4.12.